The number of carbonyl (C=O) groups is 2. The summed E-state index contributed by atoms with van der Waals surface area (Å²) in [6.07, 6.45) is 6.18. The van der Waals surface area contributed by atoms with Crippen molar-refractivity contribution >= 4 is 33.9 Å². The van der Waals surface area contributed by atoms with Crippen LogP contribution >= 0.6 is 0 Å². The van der Waals surface area contributed by atoms with E-state index in [-0.39, 0.29) is 23.8 Å². The number of likely N-dealkylation sites (tertiary alicyclic amines) is 2. The number of amides is 2. The third-order valence-electron chi connectivity index (χ3n) is 7.09. The number of aromatic amines is 2. The molecule has 6 heterocycles. The van der Waals surface area contributed by atoms with Crippen LogP contribution in [-0.4, -0.2) is 72.4 Å². The number of H-pyrrole nitrogens is 2. The molecule has 4 aromatic heterocycles. The van der Waals surface area contributed by atoms with Crippen LogP contribution in [0.15, 0.2) is 36.7 Å². The number of hydrogen-bond acceptors (Lipinski definition) is 5. The summed E-state index contributed by atoms with van der Waals surface area (Å²) in [7, 11) is 0. The fourth-order valence-electron chi connectivity index (χ4n) is 5.37. The Morgan fingerprint density at radius 1 is 1.12 bits per heavy atom. The third-order valence-corrected chi connectivity index (χ3v) is 7.09. The molecule has 9 heteroatoms. The van der Waals surface area contributed by atoms with Crippen molar-refractivity contribution in [3.63, 3.8) is 0 Å². The van der Waals surface area contributed by atoms with Crippen LogP contribution in [0.3, 0.4) is 0 Å². The summed E-state index contributed by atoms with van der Waals surface area (Å²) in [6, 6.07) is 7.70. The van der Waals surface area contributed by atoms with E-state index in [0.29, 0.717) is 30.0 Å². The van der Waals surface area contributed by atoms with Crippen LogP contribution < -0.4 is 0 Å². The fraction of sp³-hybridized carbons (Fsp3) is 0.375. The van der Waals surface area contributed by atoms with Crippen LogP contribution in [0.25, 0.3) is 22.1 Å². The Hall–Kier alpha value is -3.75. The SMILES string of the molecule is Cc1[nH]nc2ncc(C(=O)N3CCCC3C3CCN(C(=O)c4cc5cccnc5[nH]4)C3)cc12. The molecule has 33 heavy (non-hydrogen) atoms. The van der Waals surface area contributed by atoms with Crippen molar-refractivity contribution in [1.82, 2.24) is 34.9 Å². The standard InChI is InChI=1S/C24H25N7O2/c1-14-18-10-17(12-26-22(18)29-28-14)23(32)31-8-3-5-20(31)16-6-9-30(13-16)24(33)19-11-15-4-2-7-25-21(15)27-19/h2,4,7,10-12,16,20H,3,5-6,8-9,13H2,1H3,(H,25,27)(H,26,28,29). The van der Waals surface area contributed by atoms with Gasteiger partial charge < -0.3 is 14.8 Å². The van der Waals surface area contributed by atoms with Gasteiger partial charge in [-0.25, -0.2) is 9.97 Å². The summed E-state index contributed by atoms with van der Waals surface area (Å²) in [5.74, 6) is 0.283. The lowest BCUT2D eigenvalue weighted by atomic mass is 9.96. The molecule has 0 aromatic carbocycles. The summed E-state index contributed by atoms with van der Waals surface area (Å²) in [5, 5.41) is 8.88. The Morgan fingerprint density at radius 2 is 2.03 bits per heavy atom. The van der Waals surface area contributed by atoms with Gasteiger partial charge in [-0.1, -0.05) is 0 Å². The maximum absolute atomic E-state index is 13.4. The van der Waals surface area contributed by atoms with E-state index >= 15 is 0 Å². The summed E-state index contributed by atoms with van der Waals surface area (Å²) in [5.41, 5.74) is 3.41. The van der Waals surface area contributed by atoms with Crippen LogP contribution in [0.1, 0.15) is 45.8 Å². The summed E-state index contributed by atoms with van der Waals surface area (Å²) in [4.78, 5) is 42.2. The first-order chi connectivity index (χ1) is 16.1. The Bertz CT molecular complexity index is 1340. The highest BCUT2D eigenvalue weighted by molar-refractivity contribution is 5.98. The number of nitrogens with one attached hydrogen (secondary N) is 2. The van der Waals surface area contributed by atoms with E-state index in [1.165, 1.54) is 0 Å². The largest absolute Gasteiger partial charge is 0.337 e. The fourth-order valence-corrected chi connectivity index (χ4v) is 5.37. The highest BCUT2D eigenvalue weighted by Gasteiger charge is 2.40. The second kappa shape index (κ2) is 7.68. The lowest BCUT2D eigenvalue weighted by Crippen LogP contribution is -2.41. The number of pyridine rings is 2. The maximum atomic E-state index is 13.4. The topological polar surface area (TPSA) is 111 Å². The minimum Gasteiger partial charge on any atom is -0.337 e. The van der Waals surface area contributed by atoms with Gasteiger partial charge in [-0.3, -0.25) is 14.7 Å². The first-order valence-electron chi connectivity index (χ1n) is 11.4. The molecule has 2 saturated heterocycles. The van der Waals surface area contributed by atoms with Gasteiger partial charge in [-0.15, -0.1) is 0 Å². The smallest absolute Gasteiger partial charge is 0.270 e. The molecule has 2 amide bonds. The third kappa shape index (κ3) is 3.35. The van der Waals surface area contributed by atoms with Gasteiger partial charge in [0.1, 0.15) is 11.3 Å². The van der Waals surface area contributed by atoms with Crippen LogP contribution in [0.5, 0.6) is 0 Å². The van der Waals surface area contributed by atoms with Gasteiger partial charge in [0.2, 0.25) is 0 Å². The zero-order chi connectivity index (χ0) is 22.5. The van der Waals surface area contributed by atoms with Crippen molar-refractivity contribution in [2.75, 3.05) is 19.6 Å². The highest BCUT2D eigenvalue weighted by atomic mass is 16.2. The van der Waals surface area contributed by atoms with E-state index in [2.05, 4.69) is 25.1 Å². The molecule has 2 fully saturated rings. The summed E-state index contributed by atoms with van der Waals surface area (Å²) < 4.78 is 0. The molecule has 0 radical (unpaired) electrons. The summed E-state index contributed by atoms with van der Waals surface area (Å²) >= 11 is 0. The normalized spacial score (nSPS) is 20.9. The molecule has 168 valence electrons. The van der Waals surface area contributed by atoms with Crippen LogP contribution in [0, 0.1) is 12.8 Å². The second-order valence-electron chi connectivity index (χ2n) is 9.08. The van der Waals surface area contributed by atoms with Gasteiger partial charge in [0, 0.05) is 54.5 Å². The highest BCUT2D eigenvalue weighted by Crippen LogP contribution is 2.32. The molecule has 6 rings (SSSR count). The molecule has 2 unspecified atom stereocenters. The zero-order valence-electron chi connectivity index (χ0n) is 18.4. The molecule has 2 aliphatic rings. The minimum atomic E-state index is -0.00328. The number of carbonyl (C=O) groups excluding carboxylic acids is 2. The maximum Gasteiger partial charge on any atom is 0.270 e. The molecule has 0 aliphatic carbocycles. The predicted octanol–water partition coefficient (Wildman–Crippen LogP) is 2.91. The van der Waals surface area contributed by atoms with Crippen molar-refractivity contribution in [1.29, 1.82) is 0 Å². The van der Waals surface area contributed by atoms with Gasteiger partial charge in [0.25, 0.3) is 11.8 Å². The average Bonchev–Trinajstić information content (AvgIpc) is 3.63. The summed E-state index contributed by atoms with van der Waals surface area (Å²) in [6.45, 7) is 4.03. The molecule has 2 atom stereocenters. The van der Waals surface area contributed by atoms with Gasteiger partial charge in [0.15, 0.2) is 5.65 Å². The lowest BCUT2D eigenvalue weighted by molar-refractivity contribution is 0.0680. The molecule has 0 saturated carbocycles. The van der Waals surface area contributed by atoms with Crippen LogP contribution in [-0.2, 0) is 0 Å². The first-order valence-corrected chi connectivity index (χ1v) is 11.4. The van der Waals surface area contributed by atoms with Crippen LogP contribution in [0.2, 0.25) is 0 Å². The van der Waals surface area contributed by atoms with Crippen molar-refractivity contribution in [2.45, 2.75) is 32.2 Å². The van der Waals surface area contributed by atoms with Gasteiger partial charge in [-0.2, -0.15) is 5.10 Å². The molecule has 2 aliphatic heterocycles. The molecule has 4 aromatic rings. The van der Waals surface area contributed by atoms with Crippen molar-refractivity contribution < 1.29 is 9.59 Å². The van der Waals surface area contributed by atoms with E-state index in [4.69, 9.17) is 0 Å². The van der Waals surface area contributed by atoms with Crippen molar-refractivity contribution in [3.05, 3.63) is 53.6 Å². The lowest BCUT2D eigenvalue weighted by Gasteiger charge is -2.29. The Balaban J connectivity index is 1.18. The number of rotatable bonds is 3. The zero-order valence-corrected chi connectivity index (χ0v) is 18.4. The number of aromatic nitrogens is 5. The predicted molar refractivity (Wildman–Crippen MR) is 123 cm³/mol. The van der Waals surface area contributed by atoms with E-state index in [1.807, 2.05) is 41.0 Å². The Morgan fingerprint density at radius 3 is 2.91 bits per heavy atom. The Labute approximate surface area is 190 Å². The quantitative estimate of drug-likeness (QED) is 0.506. The second-order valence-corrected chi connectivity index (χ2v) is 9.08. The minimum absolute atomic E-state index is 0.00328. The molecular weight excluding hydrogens is 418 g/mol. The molecule has 0 bridgehead atoms. The van der Waals surface area contributed by atoms with Gasteiger partial charge in [-0.05, 0) is 56.4 Å². The van der Waals surface area contributed by atoms with Crippen molar-refractivity contribution in [3.8, 4) is 0 Å². The number of hydrogen-bond donors (Lipinski definition) is 2. The molecule has 2 N–H and O–H groups in total. The Kier molecular flexibility index (Phi) is 4.63. The first kappa shape index (κ1) is 19.9. The van der Waals surface area contributed by atoms with E-state index in [9.17, 15) is 9.59 Å². The molecule has 9 nitrogen and oxygen atoms in total. The molecular formula is C24H25N7O2. The van der Waals surface area contributed by atoms with Crippen LogP contribution in [0.4, 0.5) is 0 Å². The molecule has 0 spiro atoms. The van der Waals surface area contributed by atoms with E-state index in [0.717, 1.165) is 47.9 Å². The van der Waals surface area contributed by atoms with Gasteiger partial charge in [0.05, 0.1) is 5.56 Å². The van der Waals surface area contributed by atoms with Crippen molar-refractivity contribution in [2.24, 2.45) is 5.92 Å². The van der Waals surface area contributed by atoms with E-state index < -0.39 is 0 Å². The number of fused-ring (bicyclic) bond motifs is 2. The number of nitrogens with zero attached hydrogens (tertiary/aromatic N) is 5. The average molecular weight is 444 g/mol. The van der Waals surface area contributed by atoms with E-state index in [1.54, 1.807) is 12.4 Å². The van der Waals surface area contributed by atoms with Gasteiger partial charge >= 0.3 is 0 Å². The number of aryl methyl sites for hydroxylation is 1. The monoisotopic (exact) mass is 443 g/mol.